The molecule has 0 aromatic carbocycles. The van der Waals surface area contributed by atoms with E-state index in [0.29, 0.717) is 19.4 Å². The Labute approximate surface area is 80.9 Å². The molecule has 1 unspecified atom stereocenters. The first-order valence-corrected chi connectivity index (χ1v) is 4.64. The number of nitrogens with one attached hydrogen (secondary N) is 1. The fraction of sp³-hybridized carbons (Fsp3) is 0.889. The largest absolute Gasteiger partial charge is 0.389 e. The Morgan fingerprint density at radius 1 is 1.50 bits per heavy atom. The van der Waals surface area contributed by atoms with Crippen LogP contribution in [0.5, 0.6) is 0 Å². The lowest BCUT2D eigenvalue weighted by molar-refractivity contribution is -0.136. The minimum Gasteiger partial charge on any atom is -0.356 e. The molecule has 0 aromatic rings. The van der Waals surface area contributed by atoms with Gasteiger partial charge in [0.05, 0.1) is 0 Å². The van der Waals surface area contributed by atoms with Crippen LogP contribution in [0.25, 0.3) is 0 Å². The molecular formula is C9H14F3NO. The van der Waals surface area contributed by atoms with Gasteiger partial charge in [0, 0.05) is 19.4 Å². The summed E-state index contributed by atoms with van der Waals surface area (Å²) in [5, 5.41) is 2.64. The van der Waals surface area contributed by atoms with Gasteiger partial charge in [0.1, 0.15) is 0 Å². The molecule has 0 aliphatic carbocycles. The first-order chi connectivity index (χ1) is 6.31. The summed E-state index contributed by atoms with van der Waals surface area (Å²) in [5.41, 5.74) is -0.275. The summed E-state index contributed by atoms with van der Waals surface area (Å²) in [6.45, 7) is 2.35. The minimum atomic E-state index is -4.08. The highest BCUT2D eigenvalue weighted by atomic mass is 19.4. The first kappa shape index (κ1) is 11.3. The Kier molecular flexibility index (Phi) is 3.07. The quantitative estimate of drug-likeness (QED) is 0.758. The third kappa shape index (κ3) is 3.55. The molecule has 1 atom stereocenters. The van der Waals surface area contributed by atoms with Crippen molar-refractivity contribution in [1.29, 1.82) is 0 Å². The third-order valence-corrected chi connectivity index (χ3v) is 2.54. The van der Waals surface area contributed by atoms with Crippen LogP contribution in [0, 0.1) is 5.41 Å². The van der Waals surface area contributed by atoms with Gasteiger partial charge in [0.2, 0.25) is 5.91 Å². The molecule has 14 heavy (non-hydrogen) atoms. The predicted octanol–water partition coefficient (Wildman–Crippen LogP) is 2.25. The predicted molar refractivity (Wildman–Crippen MR) is 45.6 cm³/mol. The highest BCUT2D eigenvalue weighted by molar-refractivity contribution is 5.79. The van der Waals surface area contributed by atoms with Crippen molar-refractivity contribution in [1.82, 2.24) is 5.32 Å². The Morgan fingerprint density at radius 2 is 2.14 bits per heavy atom. The fourth-order valence-corrected chi connectivity index (χ4v) is 1.72. The molecule has 1 aliphatic rings. The normalized spacial score (nSPS) is 27.9. The van der Waals surface area contributed by atoms with Gasteiger partial charge in [-0.05, 0) is 18.3 Å². The van der Waals surface area contributed by atoms with E-state index in [1.165, 1.54) is 0 Å². The smallest absolute Gasteiger partial charge is 0.356 e. The Balaban J connectivity index is 2.28. The van der Waals surface area contributed by atoms with Crippen molar-refractivity contribution in [3.8, 4) is 0 Å². The molecule has 1 heterocycles. The molecule has 0 spiro atoms. The number of carbonyl (C=O) groups excluding carboxylic acids is 1. The van der Waals surface area contributed by atoms with E-state index in [2.05, 4.69) is 5.32 Å². The molecule has 1 fully saturated rings. The topological polar surface area (TPSA) is 29.1 Å². The molecule has 5 heteroatoms. The zero-order chi connectivity index (χ0) is 10.8. The molecule has 1 aliphatic heterocycles. The van der Waals surface area contributed by atoms with Crippen LogP contribution >= 0.6 is 0 Å². The number of carbonyl (C=O) groups is 1. The Hall–Kier alpha value is -0.740. The first-order valence-electron chi connectivity index (χ1n) is 4.64. The number of rotatable bonds is 3. The van der Waals surface area contributed by atoms with Crippen LogP contribution < -0.4 is 5.32 Å². The van der Waals surface area contributed by atoms with Gasteiger partial charge in [0.15, 0.2) is 0 Å². The highest BCUT2D eigenvalue weighted by Gasteiger charge is 2.35. The maximum atomic E-state index is 11.8. The highest BCUT2D eigenvalue weighted by Crippen LogP contribution is 2.33. The molecule has 1 rings (SSSR count). The van der Waals surface area contributed by atoms with Crippen LogP contribution in [0.1, 0.15) is 32.6 Å². The van der Waals surface area contributed by atoms with E-state index in [4.69, 9.17) is 0 Å². The van der Waals surface area contributed by atoms with Gasteiger partial charge in [-0.1, -0.05) is 6.92 Å². The van der Waals surface area contributed by atoms with Gasteiger partial charge < -0.3 is 5.32 Å². The molecule has 0 aromatic heterocycles. The minimum absolute atomic E-state index is 0.0560. The molecular weight excluding hydrogens is 195 g/mol. The summed E-state index contributed by atoms with van der Waals surface area (Å²) in [4.78, 5) is 10.9. The van der Waals surface area contributed by atoms with Crippen LogP contribution in [0.15, 0.2) is 0 Å². The molecule has 0 saturated carbocycles. The maximum absolute atomic E-state index is 11.8. The SMILES string of the molecule is CC1(CCCC(F)(F)F)CNC(=O)C1. The van der Waals surface area contributed by atoms with Crippen molar-refractivity contribution in [3.05, 3.63) is 0 Å². The van der Waals surface area contributed by atoms with Gasteiger partial charge in [-0.25, -0.2) is 0 Å². The lowest BCUT2D eigenvalue weighted by atomic mass is 9.84. The summed E-state index contributed by atoms with van der Waals surface area (Å²) in [7, 11) is 0. The number of halogens is 3. The van der Waals surface area contributed by atoms with E-state index >= 15 is 0 Å². The van der Waals surface area contributed by atoms with E-state index in [-0.39, 0.29) is 17.7 Å². The maximum Gasteiger partial charge on any atom is 0.389 e. The second-order valence-electron chi connectivity index (χ2n) is 4.23. The van der Waals surface area contributed by atoms with Gasteiger partial charge in [-0.15, -0.1) is 0 Å². The van der Waals surface area contributed by atoms with Gasteiger partial charge in [-0.2, -0.15) is 13.2 Å². The van der Waals surface area contributed by atoms with E-state index < -0.39 is 12.6 Å². The molecule has 0 radical (unpaired) electrons. The van der Waals surface area contributed by atoms with Crippen LogP contribution in [0.4, 0.5) is 13.2 Å². The molecule has 1 N–H and O–H groups in total. The number of hydrogen-bond acceptors (Lipinski definition) is 1. The van der Waals surface area contributed by atoms with Gasteiger partial charge in [-0.3, -0.25) is 4.79 Å². The zero-order valence-corrected chi connectivity index (χ0v) is 8.08. The molecule has 1 amide bonds. The fourth-order valence-electron chi connectivity index (χ4n) is 1.72. The Bertz CT molecular complexity index is 227. The van der Waals surface area contributed by atoms with Crippen molar-refractivity contribution in [2.45, 2.75) is 38.8 Å². The van der Waals surface area contributed by atoms with E-state index in [9.17, 15) is 18.0 Å². The van der Waals surface area contributed by atoms with Crippen molar-refractivity contribution in [2.75, 3.05) is 6.54 Å². The average molecular weight is 209 g/mol. The third-order valence-electron chi connectivity index (χ3n) is 2.54. The number of hydrogen-bond donors (Lipinski definition) is 1. The zero-order valence-electron chi connectivity index (χ0n) is 8.08. The van der Waals surface area contributed by atoms with Crippen molar-refractivity contribution in [2.24, 2.45) is 5.41 Å². The average Bonchev–Trinajstić information content (AvgIpc) is 2.28. The monoisotopic (exact) mass is 209 g/mol. The second kappa shape index (κ2) is 3.79. The summed E-state index contributed by atoms with van der Waals surface area (Å²) >= 11 is 0. The Morgan fingerprint density at radius 3 is 2.57 bits per heavy atom. The van der Waals surface area contributed by atoms with Gasteiger partial charge in [0.25, 0.3) is 0 Å². The summed E-state index contributed by atoms with van der Waals surface area (Å²) in [6, 6.07) is 0. The summed E-state index contributed by atoms with van der Waals surface area (Å²) in [6.07, 6.45) is -3.92. The standard InChI is InChI=1S/C9H14F3NO/c1-8(5-7(14)13-6-8)3-2-4-9(10,11)12/h2-6H2,1H3,(H,13,14). The van der Waals surface area contributed by atoms with E-state index in [1.807, 2.05) is 6.92 Å². The summed E-state index contributed by atoms with van der Waals surface area (Å²) in [5.74, 6) is -0.0560. The van der Waals surface area contributed by atoms with Crippen LogP contribution in [-0.4, -0.2) is 18.6 Å². The van der Waals surface area contributed by atoms with Gasteiger partial charge >= 0.3 is 6.18 Å². The molecule has 1 saturated heterocycles. The number of alkyl halides is 3. The lowest BCUT2D eigenvalue weighted by Crippen LogP contribution is -2.21. The second-order valence-corrected chi connectivity index (χ2v) is 4.23. The van der Waals surface area contributed by atoms with E-state index in [0.717, 1.165) is 0 Å². The van der Waals surface area contributed by atoms with E-state index in [1.54, 1.807) is 0 Å². The number of amides is 1. The van der Waals surface area contributed by atoms with Crippen molar-refractivity contribution in [3.63, 3.8) is 0 Å². The van der Waals surface area contributed by atoms with Crippen molar-refractivity contribution >= 4 is 5.91 Å². The lowest BCUT2D eigenvalue weighted by Gasteiger charge is -2.21. The van der Waals surface area contributed by atoms with Crippen LogP contribution in [0.3, 0.4) is 0 Å². The van der Waals surface area contributed by atoms with Crippen molar-refractivity contribution < 1.29 is 18.0 Å². The molecule has 2 nitrogen and oxygen atoms in total. The van der Waals surface area contributed by atoms with Crippen LogP contribution in [0.2, 0.25) is 0 Å². The molecule has 0 bridgehead atoms. The van der Waals surface area contributed by atoms with Crippen LogP contribution in [-0.2, 0) is 4.79 Å². The molecule has 82 valence electrons. The summed E-state index contributed by atoms with van der Waals surface area (Å²) < 4.78 is 35.5.